The molecule has 31 heavy (non-hydrogen) atoms. The molecule has 8 nitrogen and oxygen atoms in total. The summed E-state index contributed by atoms with van der Waals surface area (Å²) < 4.78 is 5.24. The number of para-hydroxylation sites is 1. The van der Waals surface area contributed by atoms with Crippen LogP contribution in [-0.2, 0) is 14.3 Å². The first-order valence-electron chi connectivity index (χ1n) is 10.6. The minimum absolute atomic E-state index is 0.0850. The summed E-state index contributed by atoms with van der Waals surface area (Å²) in [4.78, 5) is 40.1. The van der Waals surface area contributed by atoms with E-state index < -0.39 is 41.1 Å². The Kier molecular flexibility index (Phi) is 8.90. The second-order valence-electron chi connectivity index (χ2n) is 9.60. The minimum Gasteiger partial charge on any atom is -0.508 e. The molecule has 0 aromatic heterocycles. The fraction of sp³-hybridized carbons (Fsp3) is 0.609. The number of hydrogen-bond donors (Lipinski definition) is 3. The first kappa shape index (κ1) is 26.3. The van der Waals surface area contributed by atoms with E-state index in [1.165, 1.54) is 11.0 Å². The maximum Gasteiger partial charge on any atom is 0.408 e. The van der Waals surface area contributed by atoms with Crippen molar-refractivity contribution < 1.29 is 24.2 Å². The Hall–Kier alpha value is -2.77. The number of phenols is 1. The Bertz CT molecular complexity index is 780. The van der Waals surface area contributed by atoms with Crippen molar-refractivity contribution in [2.24, 2.45) is 0 Å². The van der Waals surface area contributed by atoms with Crippen LogP contribution in [0.1, 0.15) is 73.4 Å². The maximum absolute atomic E-state index is 13.3. The summed E-state index contributed by atoms with van der Waals surface area (Å²) in [5.41, 5.74) is -0.933. The number of benzene rings is 1. The highest BCUT2D eigenvalue weighted by atomic mass is 16.6. The van der Waals surface area contributed by atoms with Gasteiger partial charge in [-0.1, -0.05) is 25.1 Å². The number of aromatic hydroxyl groups is 1. The van der Waals surface area contributed by atoms with Gasteiger partial charge in [-0.3, -0.25) is 9.59 Å². The number of ether oxygens (including phenoxy) is 1. The Balaban J connectivity index is 3.29. The van der Waals surface area contributed by atoms with Crippen LogP contribution in [0.5, 0.6) is 5.75 Å². The smallest absolute Gasteiger partial charge is 0.408 e. The van der Waals surface area contributed by atoms with Crippen molar-refractivity contribution in [1.82, 2.24) is 15.5 Å². The van der Waals surface area contributed by atoms with E-state index in [9.17, 15) is 19.5 Å². The first-order valence-corrected chi connectivity index (χ1v) is 10.6. The molecule has 0 aliphatic carbocycles. The summed E-state index contributed by atoms with van der Waals surface area (Å²) in [5, 5.41) is 15.9. The van der Waals surface area contributed by atoms with Crippen molar-refractivity contribution in [2.45, 2.75) is 85.0 Å². The summed E-state index contributed by atoms with van der Waals surface area (Å²) in [7, 11) is 0. The zero-order valence-electron chi connectivity index (χ0n) is 19.9. The third kappa shape index (κ3) is 8.47. The van der Waals surface area contributed by atoms with Crippen LogP contribution in [0.25, 0.3) is 0 Å². The van der Waals surface area contributed by atoms with Crippen molar-refractivity contribution >= 4 is 17.9 Å². The molecule has 0 aliphatic heterocycles. The van der Waals surface area contributed by atoms with E-state index in [2.05, 4.69) is 10.6 Å². The number of nitrogens with zero attached hydrogens (tertiary/aromatic N) is 1. The van der Waals surface area contributed by atoms with Crippen LogP contribution in [0.2, 0.25) is 0 Å². The van der Waals surface area contributed by atoms with Crippen molar-refractivity contribution in [2.75, 3.05) is 6.54 Å². The molecule has 8 heteroatoms. The lowest BCUT2D eigenvalue weighted by atomic mass is 9.99. The van der Waals surface area contributed by atoms with Crippen LogP contribution < -0.4 is 10.6 Å². The van der Waals surface area contributed by atoms with Gasteiger partial charge in [-0.25, -0.2) is 4.79 Å². The zero-order valence-corrected chi connectivity index (χ0v) is 19.9. The lowest BCUT2D eigenvalue weighted by Gasteiger charge is -2.35. The Morgan fingerprint density at radius 3 is 2.16 bits per heavy atom. The van der Waals surface area contributed by atoms with Crippen LogP contribution in [0, 0.1) is 0 Å². The summed E-state index contributed by atoms with van der Waals surface area (Å²) >= 11 is 0. The molecule has 0 bridgehead atoms. The normalized spacial score (nSPS) is 13.7. The average molecular weight is 436 g/mol. The molecule has 2 unspecified atom stereocenters. The first-order chi connectivity index (χ1) is 14.2. The summed E-state index contributed by atoms with van der Waals surface area (Å²) in [6.45, 7) is 14.4. The number of amides is 3. The lowest BCUT2D eigenvalue weighted by molar-refractivity contribution is -0.142. The second-order valence-corrected chi connectivity index (χ2v) is 9.60. The molecule has 174 valence electrons. The van der Waals surface area contributed by atoms with Crippen molar-refractivity contribution in [3.05, 3.63) is 29.8 Å². The molecule has 3 amide bonds. The van der Waals surface area contributed by atoms with E-state index in [1.54, 1.807) is 45.9 Å². The van der Waals surface area contributed by atoms with Gasteiger partial charge in [0.25, 0.3) is 0 Å². The van der Waals surface area contributed by atoms with E-state index in [4.69, 9.17) is 4.74 Å². The summed E-state index contributed by atoms with van der Waals surface area (Å²) in [6, 6.07) is 4.45. The molecule has 0 spiro atoms. The van der Waals surface area contributed by atoms with Gasteiger partial charge >= 0.3 is 6.09 Å². The van der Waals surface area contributed by atoms with Gasteiger partial charge in [-0.2, -0.15) is 0 Å². The average Bonchev–Trinajstić information content (AvgIpc) is 2.58. The van der Waals surface area contributed by atoms with E-state index in [0.717, 1.165) is 0 Å². The summed E-state index contributed by atoms with van der Waals surface area (Å²) in [6.07, 6.45) is -0.138. The van der Waals surface area contributed by atoms with Gasteiger partial charge in [0, 0.05) is 17.6 Å². The molecule has 1 rings (SSSR count). The number of carbonyl (C=O) groups is 3. The number of nitrogens with one attached hydrogen (secondary N) is 2. The quantitative estimate of drug-likeness (QED) is 0.607. The van der Waals surface area contributed by atoms with Gasteiger partial charge in [-0.05, 0) is 61.0 Å². The molecule has 1 aromatic rings. The molecule has 0 fully saturated rings. The number of phenolic OH excluding ortho intramolecular Hbond substituents is 1. The molecule has 0 aliphatic rings. The number of hydrogen-bond acceptors (Lipinski definition) is 5. The number of alkyl carbamates (subject to hydrolysis) is 1. The maximum atomic E-state index is 13.3. The van der Waals surface area contributed by atoms with E-state index in [1.807, 2.05) is 27.7 Å². The molecule has 0 radical (unpaired) electrons. The fourth-order valence-corrected chi connectivity index (χ4v) is 3.01. The van der Waals surface area contributed by atoms with Gasteiger partial charge in [0.1, 0.15) is 23.4 Å². The third-order valence-corrected chi connectivity index (χ3v) is 4.14. The van der Waals surface area contributed by atoms with Gasteiger partial charge in [0.15, 0.2) is 0 Å². The highest BCUT2D eigenvalue weighted by molar-refractivity contribution is 5.92. The standard InChI is InChI=1S/C23H37N3O5/c1-9-14-26(20(29)15(2)24-21(30)31-23(6,7)8)18(19(28)25-22(3,4)5)16-12-10-11-13-17(16)27/h10-13,15,18,27H,9,14H2,1-8H3,(H,24,30)(H,25,28). The van der Waals surface area contributed by atoms with Gasteiger partial charge in [-0.15, -0.1) is 0 Å². The number of rotatable bonds is 7. The fourth-order valence-electron chi connectivity index (χ4n) is 3.01. The van der Waals surface area contributed by atoms with Gasteiger partial charge in [0.2, 0.25) is 11.8 Å². The van der Waals surface area contributed by atoms with Gasteiger partial charge < -0.3 is 25.4 Å². The molecule has 1 aromatic carbocycles. The second kappa shape index (κ2) is 10.5. The largest absolute Gasteiger partial charge is 0.508 e. The van der Waals surface area contributed by atoms with Crippen LogP contribution in [0.3, 0.4) is 0 Å². The molecular formula is C23H37N3O5. The highest BCUT2D eigenvalue weighted by Gasteiger charge is 2.36. The van der Waals surface area contributed by atoms with Crippen LogP contribution in [-0.4, -0.2) is 51.6 Å². The minimum atomic E-state index is -1.06. The Labute approximate surface area is 185 Å². The predicted octanol–water partition coefficient (Wildman–Crippen LogP) is 3.50. The monoisotopic (exact) mass is 435 g/mol. The zero-order chi connectivity index (χ0) is 24.0. The SMILES string of the molecule is CCCN(C(=O)C(C)NC(=O)OC(C)(C)C)C(C(=O)NC(C)(C)C)c1ccccc1O. The molecular weight excluding hydrogens is 398 g/mol. The highest BCUT2D eigenvalue weighted by Crippen LogP contribution is 2.30. The van der Waals surface area contributed by atoms with Crippen molar-refractivity contribution in [1.29, 1.82) is 0 Å². The van der Waals surface area contributed by atoms with Crippen LogP contribution >= 0.6 is 0 Å². The van der Waals surface area contributed by atoms with Crippen LogP contribution in [0.15, 0.2) is 24.3 Å². The van der Waals surface area contributed by atoms with Crippen LogP contribution in [0.4, 0.5) is 4.79 Å². The van der Waals surface area contributed by atoms with E-state index >= 15 is 0 Å². The Morgan fingerprint density at radius 1 is 1.10 bits per heavy atom. The Morgan fingerprint density at radius 2 is 1.68 bits per heavy atom. The lowest BCUT2D eigenvalue weighted by Crippen LogP contribution is -2.54. The summed E-state index contributed by atoms with van der Waals surface area (Å²) in [5.74, 6) is -0.955. The molecule has 0 heterocycles. The van der Waals surface area contributed by atoms with E-state index in [-0.39, 0.29) is 12.3 Å². The van der Waals surface area contributed by atoms with Crippen molar-refractivity contribution in [3.8, 4) is 5.75 Å². The van der Waals surface area contributed by atoms with E-state index in [0.29, 0.717) is 12.0 Å². The molecule has 2 atom stereocenters. The van der Waals surface area contributed by atoms with Gasteiger partial charge in [0.05, 0.1) is 0 Å². The topological polar surface area (TPSA) is 108 Å². The molecule has 0 saturated heterocycles. The molecule has 0 saturated carbocycles. The predicted molar refractivity (Wildman–Crippen MR) is 120 cm³/mol. The van der Waals surface area contributed by atoms with Crippen molar-refractivity contribution in [3.63, 3.8) is 0 Å². The number of carbonyl (C=O) groups excluding carboxylic acids is 3. The third-order valence-electron chi connectivity index (χ3n) is 4.14. The molecule has 3 N–H and O–H groups in total.